The summed E-state index contributed by atoms with van der Waals surface area (Å²) in [7, 11) is -3.38. The number of aryl methyl sites for hydroxylation is 1. The minimum absolute atomic E-state index is 0.0842. The summed E-state index contributed by atoms with van der Waals surface area (Å²) < 4.78 is 46.0. The second-order valence-corrected chi connectivity index (χ2v) is 10.9. The van der Waals surface area contributed by atoms with Crippen LogP contribution in [0.4, 0.5) is 14.9 Å². The fraction of sp³-hybridized carbons (Fsp3) is 0.650. The Morgan fingerprint density at radius 1 is 1.31 bits per heavy atom. The molecule has 2 N–H and O–H groups in total. The highest BCUT2D eigenvalue weighted by Gasteiger charge is 2.44. The number of halogens is 1. The third-order valence-electron chi connectivity index (χ3n) is 5.43. The molecule has 1 aromatic rings. The van der Waals surface area contributed by atoms with Gasteiger partial charge in [-0.2, -0.15) is 4.31 Å². The Labute approximate surface area is 172 Å². The van der Waals surface area contributed by atoms with Crippen molar-refractivity contribution in [2.75, 3.05) is 24.6 Å². The summed E-state index contributed by atoms with van der Waals surface area (Å²) in [6.45, 7) is 6.00. The van der Waals surface area contributed by atoms with Crippen LogP contribution in [0.1, 0.15) is 45.6 Å². The highest BCUT2D eigenvalue weighted by atomic mass is 32.2. The number of fused-ring (bicyclic) bond motifs is 2. The second kappa shape index (κ2) is 8.10. The highest BCUT2D eigenvalue weighted by Crippen LogP contribution is 2.30. The van der Waals surface area contributed by atoms with Gasteiger partial charge in [0.25, 0.3) is 0 Å². The number of hydrogen-bond acceptors (Lipinski definition) is 5. The molecule has 2 fully saturated rings. The molecule has 2 aliphatic rings. The molecule has 1 amide bonds. The molecule has 0 aliphatic carbocycles. The number of carbonyl (C=O) groups excluding carboxylic acids is 1. The van der Waals surface area contributed by atoms with Crippen LogP contribution in [0.3, 0.4) is 0 Å². The molecular weight excluding hydrogens is 397 g/mol. The van der Waals surface area contributed by atoms with Crippen molar-refractivity contribution in [3.05, 3.63) is 29.6 Å². The number of nitrogens with zero attached hydrogens (tertiary/aromatic N) is 2. The number of amides is 1. The molecule has 2 heterocycles. The molecule has 0 spiro atoms. The topological polar surface area (TPSA) is 92.9 Å². The summed E-state index contributed by atoms with van der Waals surface area (Å²) in [4.78, 5) is 14.5. The first kappa shape index (κ1) is 21.8. The van der Waals surface area contributed by atoms with Gasteiger partial charge in [-0.05, 0) is 64.2 Å². The first-order chi connectivity index (χ1) is 13.5. The lowest BCUT2D eigenvalue weighted by molar-refractivity contribution is -0.00326. The lowest BCUT2D eigenvalue weighted by atomic mass is 9.99. The molecule has 0 saturated carbocycles. The molecular formula is C20H30FN3O4S. The van der Waals surface area contributed by atoms with Crippen LogP contribution >= 0.6 is 0 Å². The number of anilines is 1. The van der Waals surface area contributed by atoms with Gasteiger partial charge in [0.2, 0.25) is 10.0 Å². The number of carbonyl (C=O) groups is 1. The van der Waals surface area contributed by atoms with Gasteiger partial charge in [-0.15, -0.1) is 0 Å². The Kier molecular flexibility index (Phi) is 6.10. The number of sulfonamides is 1. The van der Waals surface area contributed by atoms with E-state index in [-0.39, 0.29) is 30.9 Å². The third-order valence-corrected chi connectivity index (χ3v) is 7.39. The lowest BCUT2D eigenvalue weighted by Crippen LogP contribution is -2.60. The fourth-order valence-electron chi connectivity index (χ4n) is 4.02. The van der Waals surface area contributed by atoms with Crippen molar-refractivity contribution in [3.8, 4) is 0 Å². The highest BCUT2D eigenvalue weighted by molar-refractivity contribution is 7.89. The molecule has 162 valence electrons. The zero-order valence-electron chi connectivity index (χ0n) is 17.2. The minimum Gasteiger partial charge on any atom is -0.444 e. The third kappa shape index (κ3) is 5.19. The van der Waals surface area contributed by atoms with Crippen LogP contribution in [0.5, 0.6) is 0 Å². The van der Waals surface area contributed by atoms with E-state index in [1.54, 1.807) is 15.3 Å². The Balaban J connectivity index is 1.81. The van der Waals surface area contributed by atoms with Crippen molar-refractivity contribution in [2.24, 2.45) is 0 Å². The summed E-state index contributed by atoms with van der Waals surface area (Å²) in [5.41, 5.74) is 6.40. The van der Waals surface area contributed by atoms with E-state index in [1.165, 1.54) is 12.1 Å². The molecule has 2 saturated heterocycles. The van der Waals surface area contributed by atoms with E-state index >= 15 is 0 Å². The summed E-state index contributed by atoms with van der Waals surface area (Å²) in [5, 5.41) is 0. The van der Waals surface area contributed by atoms with E-state index < -0.39 is 27.5 Å². The van der Waals surface area contributed by atoms with Crippen molar-refractivity contribution in [1.82, 2.24) is 9.21 Å². The zero-order chi connectivity index (χ0) is 21.4. The SMILES string of the molecule is CC(C)(C)OC(=O)N1C[C@H](CCc2ccc(F)cc2N)N2C[C@@H]1CCCS2(=O)=O. The van der Waals surface area contributed by atoms with Crippen LogP contribution in [0.25, 0.3) is 0 Å². The number of ether oxygens (including phenoxy) is 1. The first-order valence-electron chi connectivity index (χ1n) is 9.99. The number of rotatable bonds is 3. The molecule has 3 atom stereocenters. The predicted octanol–water partition coefficient (Wildman–Crippen LogP) is 2.75. The van der Waals surface area contributed by atoms with Gasteiger partial charge in [-0.25, -0.2) is 17.6 Å². The Morgan fingerprint density at radius 3 is 2.69 bits per heavy atom. The van der Waals surface area contributed by atoms with E-state index in [2.05, 4.69) is 0 Å². The largest absolute Gasteiger partial charge is 0.444 e. The zero-order valence-corrected chi connectivity index (χ0v) is 18.0. The van der Waals surface area contributed by atoms with Crippen LogP contribution in [0.2, 0.25) is 0 Å². The summed E-state index contributed by atoms with van der Waals surface area (Å²) in [6, 6.07) is 3.68. The molecule has 1 aromatic carbocycles. The van der Waals surface area contributed by atoms with Crippen LogP contribution in [0, 0.1) is 5.82 Å². The van der Waals surface area contributed by atoms with E-state index in [4.69, 9.17) is 10.5 Å². The molecule has 2 bridgehead atoms. The van der Waals surface area contributed by atoms with Crippen molar-refractivity contribution in [3.63, 3.8) is 0 Å². The predicted molar refractivity (Wildman–Crippen MR) is 109 cm³/mol. The van der Waals surface area contributed by atoms with E-state index in [0.29, 0.717) is 31.4 Å². The van der Waals surface area contributed by atoms with Gasteiger partial charge in [0.15, 0.2) is 0 Å². The Hall–Kier alpha value is -1.87. The number of benzene rings is 1. The van der Waals surface area contributed by atoms with Gasteiger partial charge < -0.3 is 15.4 Å². The van der Waals surface area contributed by atoms with Gasteiger partial charge in [-0.1, -0.05) is 6.07 Å². The average molecular weight is 428 g/mol. The van der Waals surface area contributed by atoms with Crippen LogP contribution < -0.4 is 5.73 Å². The Bertz CT molecular complexity index is 869. The number of hydrogen-bond donors (Lipinski definition) is 1. The van der Waals surface area contributed by atoms with Crippen LogP contribution in [-0.2, 0) is 21.2 Å². The number of nitrogen functional groups attached to an aromatic ring is 1. The molecule has 2 aliphatic heterocycles. The molecule has 3 rings (SSSR count). The summed E-state index contributed by atoms with van der Waals surface area (Å²) >= 11 is 0. The van der Waals surface area contributed by atoms with E-state index in [1.807, 2.05) is 20.8 Å². The standard InChI is InChI=1S/C20H30FN3O4S/c1-20(2,3)28-19(25)23-12-17(9-7-14-6-8-15(21)11-18(14)22)24-13-16(23)5-4-10-29(24,26)27/h6,8,11,16-17H,4-5,7,9-10,12-13,22H2,1-3H3/t16-,17-/m0/s1. The normalized spacial score (nSPS) is 26.6. The molecule has 9 heteroatoms. The van der Waals surface area contributed by atoms with Crippen LogP contribution in [-0.4, -0.2) is 60.2 Å². The molecule has 1 unspecified atom stereocenters. The summed E-state index contributed by atoms with van der Waals surface area (Å²) in [6.07, 6.45) is 1.72. The van der Waals surface area contributed by atoms with Gasteiger partial charge in [0.05, 0.1) is 5.75 Å². The molecule has 7 nitrogen and oxygen atoms in total. The van der Waals surface area contributed by atoms with Crippen molar-refractivity contribution < 1.29 is 22.3 Å². The lowest BCUT2D eigenvalue weighted by Gasteiger charge is -2.44. The van der Waals surface area contributed by atoms with E-state index in [9.17, 15) is 17.6 Å². The first-order valence-corrected chi connectivity index (χ1v) is 11.6. The van der Waals surface area contributed by atoms with Gasteiger partial charge >= 0.3 is 6.09 Å². The molecule has 0 aromatic heterocycles. The summed E-state index contributed by atoms with van der Waals surface area (Å²) in [5.74, 6) is -0.320. The maximum absolute atomic E-state index is 13.3. The van der Waals surface area contributed by atoms with Gasteiger partial charge in [-0.3, -0.25) is 0 Å². The van der Waals surface area contributed by atoms with Gasteiger partial charge in [0, 0.05) is 30.9 Å². The maximum atomic E-state index is 13.3. The van der Waals surface area contributed by atoms with E-state index in [0.717, 1.165) is 5.56 Å². The second-order valence-electron chi connectivity index (χ2n) is 8.85. The molecule has 0 radical (unpaired) electrons. The van der Waals surface area contributed by atoms with Gasteiger partial charge in [0.1, 0.15) is 11.4 Å². The van der Waals surface area contributed by atoms with Crippen molar-refractivity contribution >= 4 is 21.8 Å². The maximum Gasteiger partial charge on any atom is 0.410 e. The van der Waals surface area contributed by atoms with Crippen molar-refractivity contribution in [2.45, 2.75) is 64.1 Å². The average Bonchev–Trinajstić information content (AvgIpc) is 2.71. The quantitative estimate of drug-likeness (QED) is 0.749. The molecule has 29 heavy (non-hydrogen) atoms. The minimum atomic E-state index is -3.38. The van der Waals surface area contributed by atoms with Crippen LogP contribution in [0.15, 0.2) is 18.2 Å². The Morgan fingerprint density at radius 2 is 2.03 bits per heavy atom. The number of nitrogens with two attached hydrogens (primary N) is 1. The smallest absolute Gasteiger partial charge is 0.410 e. The fourth-order valence-corrected chi connectivity index (χ4v) is 5.82. The van der Waals surface area contributed by atoms with Crippen molar-refractivity contribution in [1.29, 1.82) is 0 Å². The number of piperazine rings is 1. The monoisotopic (exact) mass is 427 g/mol.